The van der Waals surface area contributed by atoms with Gasteiger partial charge < -0.3 is 5.11 Å². The summed E-state index contributed by atoms with van der Waals surface area (Å²) < 4.78 is 0. The fraction of sp³-hybridized carbons (Fsp3) is 0.200. The quantitative estimate of drug-likeness (QED) is 0.685. The minimum Gasteiger partial charge on any atom is -0.481 e. The third-order valence-corrected chi connectivity index (χ3v) is 2.76. The molecule has 0 heterocycles. The summed E-state index contributed by atoms with van der Waals surface area (Å²) in [5, 5.41) is 9.06. The number of carbonyl (C=O) groups excluding carboxylic acids is 1. The van der Waals surface area contributed by atoms with Crippen molar-refractivity contribution >= 4 is 39.3 Å². The van der Waals surface area contributed by atoms with Crippen LogP contribution in [0.2, 0.25) is 5.02 Å². The van der Waals surface area contributed by atoms with Crippen LogP contribution in [0.25, 0.3) is 0 Å². The third kappa shape index (κ3) is 3.64. The van der Waals surface area contributed by atoms with Crippen molar-refractivity contribution in [1.82, 2.24) is 0 Å². The summed E-state index contributed by atoms with van der Waals surface area (Å²) in [6.07, 6.45) is -0.235. The van der Waals surface area contributed by atoms with E-state index in [9.17, 15) is 9.59 Å². The minimum absolute atomic E-state index is 0.235. The van der Waals surface area contributed by atoms with Gasteiger partial charge >= 0.3 is 5.97 Å². The van der Waals surface area contributed by atoms with E-state index >= 15 is 0 Å². The number of alkyl halides is 1. The first-order chi connectivity index (χ1) is 7.00. The number of benzene rings is 1. The van der Waals surface area contributed by atoms with Crippen molar-refractivity contribution in [3.05, 3.63) is 34.9 Å². The normalized spacial score (nSPS) is 12.1. The van der Waals surface area contributed by atoms with Crippen LogP contribution in [0.1, 0.15) is 16.8 Å². The number of hydrogen-bond donors (Lipinski definition) is 1. The average Bonchev–Trinajstić information content (AvgIpc) is 2.17. The fourth-order valence-electron chi connectivity index (χ4n) is 1.04. The topological polar surface area (TPSA) is 54.4 Å². The van der Waals surface area contributed by atoms with Crippen LogP contribution in [0.5, 0.6) is 0 Å². The van der Waals surface area contributed by atoms with Gasteiger partial charge in [0.1, 0.15) is 0 Å². The second kappa shape index (κ2) is 5.28. The van der Waals surface area contributed by atoms with Gasteiger partial charge in [-0.15, -0.1) is 0 Å². The maximum Gasteiger partial charge on any atom is 0.304 e. The highest BCUT2D eigenvalue weighted by Gasteiger charge is 2.19. The number of rotatable bonds is 4. The molecule has 0 saturated heterocycles. The summed E-state index contributed by atoms with van der Waals surface area (Å²) in [4.78, 5) is 21.3. The van der Waals surface area contributed by atoms with E-state index in [0.717, 1.165) is 0 Å². The van der Waals surface area contributed by atoms with Crippen LogP contribution in [0.4, 0.5) is 0 Å². The Hall–Kier alpha value is -0.870. The lowest BCUT2D eigenvalue weighted by Gasteiger charge is -2.05. The number of hydrogen-bond acceptors (Lipinski definition) is 2. The Bertz CT molecular complexity index is 375. The molecule has 0 spiro atoms. The lowest BCUT2D eigenvalue weighted by atomic mass is 10.1. The number of halogens is 2. The smallest absolute Gasteiger partial charge is 0.304 e. The molecule has 0 bridgehead atoms. The molecule has 15 heavy (non-hydrogen) atoms. The van der Waals surface area contributed by atoms with E-state index in [1.165, 1.54) is 0 Å². The summed E-state index contributed by atoms with van der Waals surface area (Å²) in [7, 11) is 0. The number of carbonyl (C=O) groups is 2. The average molecular weight is 292 g/mol. The number of ketones is 1. The Labute approximate surface area is 100 Å². The molecule has 1 N–H and O–H groups in total. The molecular weight excluding hydrogens is 283 g/mol. The van der Waals surface area contributed by atoms with Gasteiger partial charge in [-0.1, -0.05) is 27.5 Å². The number of Topliss-reactive ketones (excluding diaryl/α,β-unsaturated/α-hetero) is 1. The number of carboxylic acids is 1. The number of carboxylic acid groups (broad SMARTS) is 1. The highest BCUT2D eigenvalue weighted by Crippen LogP contribution is 2.16. The van der Waals surface area contributed by atoms with Gasteiger partial charge in [-0.3, -0.25) is 9.59 Å². The summed E-state index contributed by atoms with van der Waals surface area (Å²) >= 11 is 8.70. The van der Waals surface area contributed by atoms with Gasteiger partial charge in [0.05, 0.1) is 11.2 Å². The van der Waals surface area contributed by atoms with E-state index in [1.54, 1.807) is 24.3 Å². The van der Waals surface area contributed by atoms with E-state index < -0.39 is 10.8 Å². The SMILES string of the molecule is O=C(O)CC(Br)C(=O)c1ccc(Cl)cc1. The largest absolute Gasteiger partial charge is 0.481 e. The van der Waals surface area contributed by atoms with Gasteiger partial charge in [0, 0.05) is 10.6 Å². The molecule has 0 aliphatic rings. The molecule has 0 aromatic heterocycles. The molecule has 80 valence electrons. The standard InChI is InChI=1S/C10H8BrClO3/c11-8(5-9(13)14)10(15)6-1-3-7(12)4-2-6/h1-4,8H,5H2,(H,13,14). The second-order valence-electron chi connectivity index (χ2n) is 2.94. The summed E-state index contributed by atoms with van der Waals surface area (Å²) in [5.41, 5.74) is 0.447. The van der Waals surface area contributed by atoms with Crippen molar-refractivity contribution < 1.29 is 14.7 Å². The molecule has 5 heteroatoms. The highest BCUT2D eigenvalue weighted by atomic mass is 79.9. The van der Waals surface area contributed by atoms with Crippen molar-refractivity contribution in [1.29, 1.82) is 0 Å². The molecule has 0 saturated carbocycles. The van der Waals surface area contributed by atoms with Gasteiger partial charge in [0.25, 0.3) is 0 Å². The van der Waals surface area contributed by atoms with Crippen molar-refractivity contribution in [3.8, 4) is 0 Å². The molecule has 1 aromatic carbocycles. The first-order valence-electron chi connectivity index (χ1n) is 4.16. The Morgan fingerprint density at radius 3 is 2.33 bits per heavy atom. The second-order valence-corrected chi connectivity index (χ2v) is 4.48. The Kier molecular flexibility index (Phi) is 4.29. The highest BCUT2D eigenvalue weighted by molar-refractivity contribution is 9.10. The van der Waals surface area contributed by atoms with Gasteiger partial charge in [-0.2, -0.15) is 0 Å². The van der Waals surface area contributed by atoms with Crippen LogP contribution in [-0.4, -0.2) is 21.7 Å². The van der Waals surface area contributed by atoms with Crippen LogP contribution in [0.15, 0.2) is 24.3 Å². The van der Waals surface area contributed by atoms with Crippen molar-refractivity contribution in [2.24, 2.45) is 0 Å². The maximum absolute atomic E-state index is 11.6. The summed E-state index contributed by atoms with van der Waals surface area (Å²) in [6, 6.07) is 6.33. The van der Waals surface area contributed by atoms with Crippen LogP contribution in [0.3, 0.4) is 0 Å². The predicted molar refractivity (Wildman–Crippen MR) is 60.8 cm³/mol. The molecule has 0 fully saturated rings. The zero-order valence-electron chi connectivity index (χ0n) is 7.61. The van der Waals surface area contributed by atoms with E-state index in [0.29, 0.717) is 10.6 Å². The molecule has 0 amide bonds. The number of aliphatic carboxylic acids is 1. The lowest BCUT2D eigenvalue weighted by molar-refractivity contribution is -0.136. The van der Waals surface area contributed by atoms with Gasteiger partial charge in [-0.25, -0.2) is 0 Å². The monoisotopic (exact) mass is 290 g/mol. The van der Waals surface area contributed by atoms with Gasteiger partial charge in [0.2, 0.25) is 0 Å². The zero-order valence-corrected chi connectivity index (χ0v) is 9.96. The first kappa shape index (κ1) is 12.2. The lowest BCUT2D eigenvalue weighted by Crippen LogP contribution is -2.17. The maximum atomic E-state index is 11.6. The van der Waals surface area contributed by atoms with Crippen LogP contribution < -0.4 is 0 Å². The predicted octanol–water partition coefficient (Wildman–Crippen LogP) is 2.76. The molecule has 3 nitrogen and oxygen atoms in total. The Morgan fingerprint density at radius 1 is 1.33 bits per heavy atom. The fourth-order valence-corrected chi connectivity index (χ4v) is 1.71. The summed E-state index contributed by atoms with van der Waals surface area (Å²) in [5.74, 6) is -1.27. The molecule has 0 aliphatic carbocycles. The van der Waals surface area contributed by atoms with Crippen LogP contribution in [0, 0.1) is 0 Å². The molecule has 0 radical (unpaired) electrons. The van der Waals surface area contributed by atoms with E-state index in [1.807, 2.05) is 0 Å². The molecular formula is C10H8BrClO3. The minimum atomic E-state index is -1.01. The molecule has 1 atom stereocenters. The summed E-state index contributed by atoms with van der Waals surface area (Å²) in [6.45, 7) is 0. The van der Waals surface area contributed by atoms with E-state index in [-0.39, 0.29) is 12.2 Å². The van der Waals surface area contributed by atoms with Crippen LogP contribution in [-0.2, 0) is 4.79 Å². The van der Waals surface area contributed by atoms with E-state index in [2.05, 4.69) is 15.9 Å². The Morgan fingerprint density at radius 2 is 1.87 bits per heavy atom. The zero-order chi connectivity index (χ0) is 11.4. The first-order valence-corrected chi connectivity index (χ1v) is 5.45. The van der Waals surface area contributed by atoms with Gasteiger partial charge in [-0.05, 0) is 24.3 Å². The molecule has 1 aromatic rings. The van der Waals surface area contributed by atoms with E-state index in [4.69, 9.17) is 16.7 Å². The Balaban J connectivity index is 2.76. The van der Waals surface area contributed by atoms with Gasteiger partial charge in [0.15, 0.2) is 5.78 Å². The molecule has 1 unspecified atom stereocenters. The van der Waals surface area contributed by atoms with Crippen molar-refractivity contribution in [2.75, 3.05) is 0 Å². The molecule has 1 rings (SSSR count). The molecule has 0 aliphatic heterocycles. The van der Waals surface area contributed by atoms with Crippen molar-refractivity contribution in [3.63, 3.8) is 0 Å². The van der Waals surface area contributed by atoms with Crippen molar-refractivity contribution in [2.45, 2.75) is 11.2 Å². The third-order valence-electron chi connectivity index (χ3n) is 1.77. The van der Waals surface area contributed by atoms with Crippen LogP contribution >= 0.6 is 27.5 Å².